The lowest BCUT2D eigenvalue weighted by molar-refractivity contribution is -0.172. The van der Waals surface area contributed by atoms with Crippen molar-refractivity contribution >= 4 is 29.3 Å². The van der Waals surface area contributed by atoms with Crippen LogP contribution in [-0.4, -0.2) is 22.4 Å². The Hall–Kier alpha value is -1.49. The molecule has 5 heteroatoms. The fraction of sp³-hybridized carbons (Fsp3) is 0.381. The second-order valence-corrected chi connectivity index (χ2v) is 8.96. The summed E-state index contributed by atoms with van der Waals surface area (Å²) in [6, 6.07) is 16.7. The Morgan fingerprint density at radius 1 is 1.08 bits per heavy atom. The van der Waals surface area contributed by atoms with Crippen LogP contribution in [-0.2, 0) is 9.53 Å². The summed E-state index contributed by atoms with van der Waals surface area (Å²) in [5.74, 6) is -0.0358. The molecule has 2 atom stereocenters. The van der Waals surface area contributed by atoms with Crippen LogP contribution in [0.4, 0.5) is 0 Å². The fourth-order valence-corrected chi connectivity index (χ4v) is 3.62. The molecule has 0 spiro atoms. The lowest BCUT2D eigenvalue weighted by atomic mass is 9.82. The van der Waals surface area contributed by atoms with E-state index in [1.165, 1.54) is 11.8 Å². The first-order valence-electron chi connectivity index (χ1n) is 8.47. The normalized spacial score (nSPS) is 15.2. The molecule has 0 fully saturated rings. The minimum atomic E-state index is -1.11. The van der Waals surface area contributed by atoms with Crippen LogP contribution in [0.15, 0.2) is 59.5 Å². The number of aliphatic hydroxyl groups is 1. The first kappa shape index (κ1) is 20.8. The molecular formula is C21H25ClO3S. The van der Waals surface area contributed by atoms with Gasteiger partial charge in [-0.25, -0.2) is 0 Å². The van der Waals surface area contributed by atoms with E-state index in [1.54, 1.807) is 31.2 Å². The summed E-state index contributed by atoms with van der Waals surface area (Å²) in [7, 11) is 0. The van der Waals surface area contributed by atoms with E-state index in [2.05, 4.69) is 0 Å². The number of esters is 1. The van der Waals surface area contributed by atoms with Crippen LogP contribution in [0.3, 0.4) is 0 Å². The van der Waals surface area contributed by atoms with E-state index in [0.29, 0.717) is 16.3 Å². The molecular weight excluding hydrogens is 368 g/mol. The number of hydrogen-bond acceptors (Lipinski definition) is 4. The van der Waals surface area contributed by atoms with Gasteiger partial charge in [0.15, 0.2) is 0 Å². The maximum Gasteiger partial charge on any atom is 0.316 e. The predicted molar refractivity (Wildman–Crippen MR) is 108 cm³/mol. The molecule has 140 valence electrons. The molecule has 0 aromatic heterocycles. The number of thioether (sulfide) groups is 1. The van der Waals surface area contributed by atoms with E-state index in [0.717, 1.165) is 4.90 Å². The summed E-state index contributed by atoms with van der Waals surface area (Å²) < 4.78 is 5.62. The zero-order valence-electron chi connectivity index (χ0n) is 15.5. The highest BCUT2D eigenvalue weighted by Gasteiger charge is 2.44. The summed E-state index contributed by atoms with van der Waals surface area (Å²) in [5.41, 5.74) is -1.10. The van der Waals surface area contributed by atoms with E-state index in [1.807, 2.05) is 51.1 Å². The molecule has 0 amide bonds. The van der Waals surface area contributed by atoms with Crippen molar-refractivity contribution in [2.45, 2.75) is 44.3 Å². The Balaban J connectivity index is 2.30. The highest BCUT2D eigenvalue weighted by molar-refractivity contribution is 7.99. The van der Waals surface area contributed by atoms with Gasteiger partial charge in [-0.05, 0) is 57.5 Å². The minimum absolute atomic E-state index is 0.385. The highest BCUT2D eigenvalue weighted by Crippen LogP contribution is 2.41. The minimum Gasteiger partial charge on any atom is -0.459 e. The van der Waals surface area contributed by atoms with Crippen LogP contribution in [0.1, 0.15) is 39.4 Å². The molecule has 0 aliphatic rings. The van der Waals surface area contributed by atoms with Crippen molar-refractivity contribution < 1.29 is 14.6 Å². The summed E-state index contributed by atoms with van der Waals surface area (Å²) in [6.07, 6.45) is -1.01. The van der Waals surface area contributed by atoms with Gasteiger partial charge >= 0.3 is 5.97 Å². The number of benzene rings is 2. The van der Waals surface area contributed by atoms with Gasteiger partial charge in [-0.15, -0.1) is 11.8 Å². The third kappa shape index (κ3) is 5.50. The van der Waals surface area contributed by atoms with Crippen LogP contribution in [0.2, 0.25) is 5.02 Å². The topological polar surface area (TPSA) is 46.5 Å². The summed E-state index contributed by atoms with van der Waals surface area (Å²) in [6.45, 7) is 7.22. The second kappa shape index (κ2) is 8.47. The van der Waals surface area contributed by atoms with Gasteiger partial charge in [-0.1, -0.05) is 41.9 Å². The first-order chi connectivity index (χ1) is 12.1. The lowest BCUT2D eigenvalue weighted by Gasteiger charge is -2.35. The van der Waals surface area contributed by atoms with Gasteiger partial charge in [-0.2, -0.15) is 0 Å². The number of rotatable bonds is 6. The second-order valence-electron chi connectivity index (χ2n) is 7.48. The van der Waals surface area contributed by atoms with E-state index >= 15 is 0 Å². The summed E-state index contributed by atoms with van der Waals surface area (Å²) in [5, 5.41) is 11.6. The Bertz CT molecular complexity index is 725. The van der Waals surface area contributed by atoms with Crippen molar-refractivity contribution in [2.75, 3.05) is 5.75 Å². The molecule has 0 unspecified atom stereocenters. The molecule has 2 aromatic rings. The smallest absolute Gasteiger partial charge is 0.316 e. The Morgan fingerprint density at radius 3 is 2.19 bits per heavy atom. The Labute approximate surface area is 164 Å². The largest absolute Gasteiger partial charge is 0.459 e. The van der Waals surface area contributed by atoms with Gasteiger partial charge in [0.1, 0.15) is 11.0 Å². The fourth-order valence-electron chi connectivity index (χ4n) is 2.41. The van der Waals surface area contributed by atoms with E-state index in [-0.39, 0.29) is 0 Å². The molecule has 0 heterocycles. The van der Waals surface area contributed by atoms with Crippen LogP contribution < -0.4 is 0 Å². The predicted octanol–water partition coefficient (Wildman–Crippen LogP) is 5.51. The summed E-state index contributed by atoms with van der Waals surface area (Å²) in [4.78, 5) is 14.0. The number of ether oxygens (including phenoxy) is 1. The van der Waals surface area contributed by atoms with Crippen LogP contribution in [0.25, 0.3) is 0 Å². The first-order valence-corrected chi connectivity index (χ1v) is 9.83. The monoisotopic (exact) mass is 392 g/mol. The van der Waals surface area contributed by atoms with Crippen molar-refractivity contribution in [3.05, 3.63) is 65.2 Å². The maximum absolute atomic E-state index is 13.0. The molecule has 3 nitrogen and oxygen atoms in total. The number of hydrogen-bond donors (Lipinski definition) is 1. The standard InChI is InChI=1S/C21H25ClO3S/c1-20(2,3)25-19(24)21(4,14-26-17-8-6-5-7-9-17)18(23)15-10-12-16(22)13-11-15/h5-13,18,23H,14H2,1-4H3/t18-,21+/m1/s1. The highest BCUT2D eigenvalue weighted by atomic mass is 35.5. The van der Waals surface area contributed by atoms with Crippen molar-refractivity contribution in [3.8, 4) is 0 Å². The molecule has 26 heavy (non-hydrogen) atoms. The number of halogens is 1. The Morgan fingerprint density at radius 2 is 1.65 bits per heavy atom. The number of carbonyl (C=O) groups excluding carboxylic acids is 1. The van der Waals surface area contributed by atoms with Crippen LogP contribution in [0, 0.1) is 5.41 Å². The van der Waals surface area contributed by atoms with Crippen LogP contribution >= 0.6 is 23.4 Å². The van der Waals surface area contributed by atoms with Gasteiger partial charge in [-0.3, -0.25) is 4.79 Å². The quantitative estimate of drug-likeness (QED) is 0.519. The van der Waals surface area contributed by atoms with Crippen molar-refractivity contribution in [2.24, 2.45) is 5.41 Å². The molecule has 0 bridgehead atoms. The number of aliphatic hydroxyl groups excluding tert-OH is 1. The van der Waals surface area contributed by atoms with Crippen molar-refractivity contribution in [1.82, 2.24) is 0 Å². The third-order valence-electron chi connectivity index (χ3n) is 3.94. The van der Waals surface area contributed by atoms with Crippen molar-refractivity contribution in [1.29, 1.82) is 0 Å². The zero-order valence-corrected chi connectivity index (χ0v) is 17.1. The molecule has 0 saturated heterocycles. The van der Waals surface area contributed by atoms with Gasteiger partial charge in [0, 0.05) is 15.7 Å². The number of carbonyl (C=O) groups is 1. The van der Waals surface area contributed by atoms with E-state index in [4.69, 9.17) is 16.3 Å². The average Bonchev–Trinajstić information content (AvgIpc) is 2.59. The molecule has 1 N–H and O–H groups in total. The van der Waals surface area contributed by atoms with Gasteiger partial charge < -0.3 is 9.84 Å². The van der Waals surface area contributed by atoms with Crippen molar-refractivity contribution in [3.63, 3.8) is 0 Å². The molecule has 0 radical (unpaired) electrons. The summed E-state index contributed by atoms with van der Waals surface area (Å²) >= 11 is 7.47. The van der Waals surface area contributed by atoms with Gasteiger partial charge in [0.2, 0.25) is 0 Å². The Kier molecular flexibility index (Phi) is 6.78. The molecule has 2 aromatic carbocycles. The SMILES string of the molecule is CC(C)(C)OC(=O)[C@@](C)(CSc1ccccc1)[C@H](O)c1ccc(Cl)cc1. The average molecular weight is 393 g/mol. The molecule has 2 rings (SSSR count). The van der Waals surface area contributed by atoms with E-state index in [9.17, 15) is 9.90 Å². The van der Waals surface area contributed by atoms with E-state index < -0.39 is 23.1 Å². The van der Waals surface area contributed by atoms with Gasteiger partial charge in [0.25, 0.3) is 0 Å². The molecule has 0 aliphatic carbocycles. The molecule has 0 aliphatic heterocycles. The molecule has 0 saturated carbocycles. The maximum atomic E-state index is 13.0. The zero-order chi connectivity index (χ0) is 19.4. The van der Waals surface area contributed by atoms with Gasteiger partial charge in [0.05, 0.1) is 6.10 Å². The third-order valence-corrected chi connectivity index (χ3v) is 5.54. The lowest BCUT2D eigenvalue weighted by Crippen LogP contribution is -2.42. The van der Waals surface area contributed by atoms with Crippen LogP contribution in [0.5, 0.6) is 0 Å².